The summed E-state index contributed by atoms with van der Waals surface area (Å²) in [5.41, 5.74) is 1.73. The molecule has 2 aromatic carbocycles. The molecule has 0 aliphatic carbocycles. The zero-order valence-electron chi connectivity index (χ0n) is 19.7. The first-order valence-electron chi connectivity index (χ1n) is 11.7. The van der Waals surface area contributed by atoms with Crippen LogP contribution in [0.3, 0.4) is 0 Å². The molecule has 7 nitrogen and oxygen atoms in total. The van der Waals surface area contributed by atoms with Crippen molar-refractivity contribution >= 4 is 42.6 Å². The minimum Gasteiger partial charge on any atom is -0.279 e. The summed E-state index contributed by atoms with van der Waals surface area (Å²) in [5.74, 6) is -0.196. The van der Waals surface area contributed by atoms with Crippen LogP contribution in [0.4, 0.5) is 9.52 Å². The Morgan fingerprint density at radius 1 is 1.14 bits per heavy atom. The molecule has 3 heterocycles. The van der Waals surface area contributed by atoms with Crippen LogP contribution in [0.1, 0.15) is 35.7 Å². The maximum atomic E-state index is 13.7. The fraction of sp³-hybridized carbons (Fsp3) is 0.269. The van der Waals surface area contributed by atoms with Gasteiger partial charge >= 0.3 is 0 Å². The smallest absolute Gasteiger partial charge is 0.260 e. The van der Waals surface area contributed by atoms with Crippen molar-refractivity contribution in [2.45, 2.75) is 31.2 Å². The van der Waals surface area contributed by atoms with E-state index in [1.807, 2.05) is 6.07 Å². The Hall–Kier alpha value is -3.21. The number of hydrogen-bond donors (Lipinski definition) is 0. The summed E-state index contributed by atoms with van der Waals surface area (Å²) < 4.78 is 42.1. The summed E-state index contributed by atoms with van der Waals surface area (Å²) in [4.78, 5) is 24.0. The molecular weight excluding hydrogens is 499 g/mol. The Bertz CT molecular complexity index is 1480. The fourth-order valence-corrected chi connectivity index (χ4v) is 6.66. The number of pyridine rings is 1. The molecule has 1 amide bonds. The van der Waals surface area contributed by atoms with E-state index in [-0.39, 0.29) is 23.2 Å². The number of thiazole rings is 1. The zero-order valence-corrected chi connectivity index (χ0v) is 21.3. The van der Waals surface area contributed by atoms with Gasteiger partial charge in [0.2, 0.25) is 10.0 Å². The highest BCUT2D eigenvalue weighted by Crippen LogP contribution is 2.32. The van der Waals surface area contributed by atoms with Gasteiger partial charge in [-0.2, -0.15) is 4.31 Å². The number of sulfonamides is 1. The summed E-state index contributed by atoms with van der Waals surface area (Å²) in [5, 5.41) is 0.420. The number of benzene rings is 2. The van der Waals surface area contributed by atoms with Crippen LogP contribution in [0.2, 0.25) is 0 Å². The van der Waals surface area contributed by atoms with Gasteiger partial charge in [-0.3, -0.25) is 14.7 Å². The Balaban J connectivity index is 1.45. The van der Waals surface area contributed by atoms with Crippen molar-refractivity contribution in [2.75, 3.05) is 18.0 Å². The van der Waals surface area contributed by atoms with E-state index in [4.69, 9.17) is 0 Å². The van der Waals surface area contributed by atoms with E-state index in [0.717, 1.165) is 18.4 Å². The number of carbonyl (C=O) groups excluding carboxylic acids is 1. The molecule has 186 valence electrons. The van der Waals surface area contributed by atoms with Gasteiger partial charge in [0.05, 0.1) is 21.7 Å². The SMILES string of the molecule is CC1CCN(S(=O)(=O)c2ccc(C(=O)N(Cc3cccnc3)c3nc4ccc(F)cc4s3)cc2)CC1. The van der Waals surface area contributed by atoms with Gasteiger partial charge in [-0.15, -0.1) is 0 Å². The summed E-state index contributed by atoms with van der Waals surface area (Å²) in [6.45, 7) is 3.34. The number of aromatic nitrogens is 2. The normalized spacial score (nSPS) is 15.3. The van der Waals surface area contributed by atoms with Crippen LogP contribution in [0.15, 0.2) is 71.9 Å². The van der Waals surface area contributed by atoms with Gasteiger partial charge in [-0.1, -0.05) is 24.3 Å². The van der Waals surface area contributed by atoms with E-state index in [2.05, 4.69) is 16.9 Å². The number of amides is 1. The average molecular weight is 525 g/mol. The highest BCUT2D eigenvalue weighted by Gasteiger charge is 2.29. The van der Waals surface area contributed by atoms with Crippen molar-refractivity contribution in [3.8, 4) is 0 Å². The number of fused-ring (bicyclic) bond motifs is 1. The van der Waals surface area contributed by atoms with Gasteiger partial charge in [0.25, 0.3) is 5.91 Å². The number of anilines is 1. The molecule has 0 radical (unpaired) electrons. The minimum atomic E-state index is -3.62. The topological polar surface area (TPSA) is 83.5 Å². The molecule has 1 saturated heterocycles. The van der Waals surface area contributed by atoms with E-state index < -0.39 is 10.0 Å². The van der Waals surface area contributed by atoms with Crippen molar-refractivity contribution < 1.29 is 17.6 Å². The summed E-state index contributed by atoms with van der Waals surface area (Å²) in [6, 6.07) is 14.0. The maximum absolute atomic E-state index is 13.7. The lowest BCUT2D eigenvalue weighted by Gasteiger charge is -2.29. The first-order chi connectivity index (χ1) is 17.3. The molecule has 4 aromatic rings. The molecule has 0 bridgehead atoms. The largest absolute Gasteiger partial charge is 0.279 e. The second-order valence-electron chi connectivity index (χ2n) is 8.97. The predicted octanol–water partition coefficient (Wildman–Crippen LogP) is 5.10. The highest BCUT2D eigenvalue weighted by atomic mass is 32.2. The molecular formula is C26H25FN4O3S2. The number of piperidine rings is 1. The Labute approximate surface area is 213 Å². The second-order valence-corrected chi connectivity index (χ2v) is 11.9. The Kier molecular flexibility index (Phi) is 6.83. The highest BCUT2D eigenvalue weighted by molar-refractivity contribution is 7.89. The Morgan fingerprint density at radius 3 is 2.58 bits per heavy atom. The molecule has 2 aromatic heterocycles. The van der Waals surface area contributed by atoms with Crippen LogP contribution < -0.4 is 4.90 Å². The summed E-state index contributed by atoms with van der Waals surface area (Å²) >= 11 is 1.22. The number of halogens is 1. The predicted molar refractivity (Wildman–Crippen MR) is 138 cm³/mol. The van der Waals surface area contributed by atoms with Crippen LogP contribution in [0.5, 0.6) is 0 Å². The molecule has 1 aliphatic rings. The van der Waals surface area contributed by atoms with Gasteiger partial charge in [0, 0.05) is 31.0 Å². The molecule has 10 heteroatoms. The molecule has 0 saturated carbocycles. The van der Waals surface area contributed by atoms with Crippen molar-refractivity contribution in [1.29, 1.82) is 0 Å². The van der Waals surface area contributed by atoms with E-state index in [9.17, 15) is 17.6 Å². The zero-order chi connectivity index (χ0) is 25.3. The van der Waals surface area contributed by atoms with E-state index in [0.29, 0.717) is 39.9 Å². The third-order valence-electron chi connectivity index (χ3n) is 6.36. The second kappa shape index (κ2) is 10.0. The van der Waals surface area contributed by atoms with Gasteiger partial charge < -0.3 is 0 Å². The molecule has 5 rings (SSSR count). The third-order valence-corrected chi connectivity index (χ3v) is 9.31. The van der Waals surface area contributed by atoms with Crippen LogP contribution in [0.25, 0.3) is 10.2 Å². The molecule has 1 aliphatic heterocycles. The number of nitrogens with zero attached hydrogens (tertiary/aromatic N) is 4. The number of carbonyl (C=O) groups is 1. The Morgan fingerprint density at radius 2 is 1.89 bits per heavy atom. The van der Waals surface area contributed by atoms with Crippen molar-refractivity contribution in [3.05, 3.63) is 83.9 Å². The van der Waals surface area contributed by atoms with Gasteiger partial charge in [0.1, 0.15) is 5.82 Å². The average Bonchev–Trinajstić information content (AvgIpc) is 3.31. The summed E-state index contributed by atoms with van der Waals surface area (Å²) in [6.07, 6.45) is 5.00. The number of hydrogen-bond acceptors (Lipinski definition) is 6. The standard InChI is InChI=1S/C26H25FN4O3S2/c1-18-10-13-30(14-11-18)36(33,34)22-7-4-20(5-8-22)25(32)31(17-19-3-2-12-28-16-19)26-29-23-9-6-21(27)15-24(23)35-26/h2-9,12,15-16,18H,10-11,13-14,17H2,1H3. The summed E-state index contributed by atoms with van der Waals surface area (Å²) in [7, 11) is -3.62. The molecule has 0 spiro atoms. The molecule has 1 fully saturated rings. The maximum Gasteiger partial charge on any atom is 0.260 e. The van der Waals surface area contributed by atoms with Crippen LogP contribution in [-0.2, 0) is 16.6 Å². The van der Waals surface area contributed by atoms with E-state index >= 15 is 0 Å². The van der Waals surface area contributed by atoms with E-state index in [1.54, 1.807) is 24.5 Å². The van der Waals surface area contributed by atoms with Crippen molar-refractivity contribution in [1.82, 2.24) is 14.3 Å². The lowest BCUT2D eigenvalue weighted by atomic mass is 10.0. The molecule has 0 atom stereocenters. The van der Waals surface area contributed by atoms with Crippen molar-refractivity contribution in [3.63, 3.8) is 0 Å². The van der Waals surface area contributed by atoms with Crippen LogP contribution >= 0.6 is 11.3 Å². The molecule has 0 unspecified atom stereocenters. The molecule has 36 heavy (non-hydrogen) atoms. The van der Waals surface area contributed by atoms with Crippen LogP contribution in [0, 0.1) is 11.7 Å². The monoisotopic (exact) mass is 524 g/mol. The fourth-order valence-electron chi connectivity index (χ4n) is 4.20. The third kappa shape index (κ3) is 5.02. The number of rotatable bonds is 6. The van der Waals surface area contributed by atoms with Gasteiger partial charge in [-0.25, -0.2) is 17.8 Å². The lowest BCUT2D eigenvalue weighted by Crippen LogP contribution is -2.37. The quantitative estimate of drug-likeness (QED) is 0.351. The first-order valence-corrected chi connectivity index (χ1v) is 13.9. The van der Waals surface area contributed by atoms with Gasteiger partial charge in [0.15, 0.2) is 5.13 Å². The van der Waals surface area contributed by atoms with Crippen molar-refractivity contribution in [2.24, 2.45) is 5.92 Å². The van der Waals surface area contributed by atoms with E-state index in [1.165, 1.54) is 56.9 Å². The van der Waals surface area contributed by atoms with Crippen LogP contribution in [-0.4, -0.2) is 41.7 Å². The first kappa shape index (κ1) is 24.5. The minimum absolute atomic E-state index is 0.169. The lowest BCUT2D eigenvalue weighted by molar-refractivity contribution is 0.0985. The van der Waals surface area contributed by atoms with Gasteiger partial charge in [-0.05, 0) is 72.9 Å². The molecule has 0 N–H and O–H groups in total.